The monoisotopic (exact) mass is 312 g/mol. The fraction of sp³-hybridized carbons (Fsp3) is 0.118. The Balaban J connectivity index is 2.12. The van der Waals surface area contributed by atoms with Gasteiger partial charge >= 0.3 is 5.97 Å². The van der Waals surface area contributed by atoms with E-state index in [9.17, 15) is 14.7 Å². The van der Waals surface area contributed by atoms with Crippen molar-refractivity contribution in [2.24, 2.45) is 0 Å². The van der Waals surface area contributed by atoms with E-state index in [4.69, 9.17) is 4.74 Å². The standard InChI is InChI=1S/C17H16N2O4/c1-2-8-23-15-6-5-13(9-14(15)17(21)22)16(20)19-11-12-4-3-7-18-10-12/h2-7,9-10H,1,8,11H2,(H,19,20)(H,21,22). The molecule has 0 unspecified atom stereocenters. The predicted molar refractivity (Wildman–Crippen MR) is 84.5 cm³/mol. The van der Waals surface area contributed by atoms with Gasteiger partial charge in [0.05, 0.1) is 0 Å². The third-order valence-electron chi connectivity index (χ3n) is 3.00. The van der Waals surface area contributed by atoms with Crippen molar-refractivity contribution in [1.82, 2.24) is 10.3 Å². The molecule has 118 valence electrons. The van der Waals surface area contributed by atoms with E-state index in [1.165, 1.54) is 24.3 Å². The molecule has 6 heteroatoms. The molecule has 1 amide bonds. The third kappa shape index (κ3) is 4.41. The van der Waals surface area contributed by atoms with Gasteiger partial charge in [0, 0.05) is 24.5 Å². The van der Waals surface area contributed by atoms with E-state index < -0.39 is 5.97 Å². The van der Waals surface area contributed by atoms with Crippen molar-refractivity contribution in [2.45, 2.75) is 6.54 Å². The molecule has 0 aliphatic heterocycles. The van der Waals surface area contributed by atoms with Gasteiger partial charge in [-0.05, 0) is 29.8 Å². The molecule has 1 aromatic carbocycles. The van der Waals surface area contributed by atoms with Gasteiger partial charge in [0.25, 0.3) is 5.91 Å². The maximum absolute atomic E-state index is 12.1. The molecule has 0 aliphatic carbocycles. The first kappa shape index (κ1) is 16.2. The maximum atomic E-state index is 12.1. The molecule has 0 fully saturated rings. The van der Waals surface area contributed by atoms with Crippen LogP contribution in [-0.4, -0.2) is 28.6 Å². The highest BCUT2D eigenvalue weighted by Gasteiger charge is 2.15. The summed E-state index contributed by atoms with van der Waals surface area (Å²) in [6, 6.07) is 7.88. The van der Waals surface area contributed by atoms with Gasteiger partial charge in [0.1, 0.15) is 17.9 Å². The molecule has 23 heavy (non-hydrogen) atoms. The number of benzene rings is 1. The Morgan fingerprint density at radius 2 is 2.17 bits per heavy atom. The Hall–Kier alpha value is -3.15. The number of nitrogens with one attached hydrogen (secondary N) is 1. The number of hydrogen-bond donors (Lipinski definition) is 2. The van der Waals surface area contributed by atoms with Gasteiger partial charge in [-0.1, -0.05) is 18.7 Å². The Kier molecular flexibility index (Phi) is 5.46. The molecule has 2 N–H and O–H groups in total. The number of nitrogens with zero attached hydrogens (tertiary/aromatic N) is 1. The number of pyridine rings is 1. The van der Waals surface area contributed by atoms with E-state index in [2.05, 4.69) is 16.9 Å². The lowest BCUT2D eigenvalue weighted by molar-refractivity contribution is 0.0693. The van der Waals surface area contributed by atoms with Crippen molar-refractivity contribution in [1.29, 1.82) is 0 Å². The molecular formula is C17H16N2O4. The van der Waals surface area contributed by atoms with Crippen molar-refractivity contribution in [2.75, 3.05) is 6.61 Å². The van der Waals surface area contributed by atoms with Crippen molar-refractivity contribution >= 4 is 11.9 Å². The van der Waals surface area contributed by atoms with Crippen molar-refractivity contribution in [3.63, 3.8) is 0 Å². The number of carbonyl (C=O) groups excluding carboxylic acids is 1. The molecular weight excluding hydrogens is 296 g/mol. The Morgan fingerprint density at radius 3 is 2.83 bits per heavy atom. The number of aromatic nitrogens is 1. The molecule has 0 spiro atoms. The zero-order valence-corrected chi connectivity index (χ0v) is 12.4. The number of hydrogen-bond acceptors (Lipinski definition) is 4. The second-order valence-electron chi connectivity index (χ2n) is 4.66. The van der Waals surface area contributed by atoms with Gasteiger partial charge < -0.3 is 15.2 Å². The number of carboxylic acid groups (broad SMARTS) is 1. The molecule has 0 radical (unpaired) electrons. The summed E-state index contributed by atoms with van der Waals surface area (Å²) < 4.78 is 5.27. The maximum Gasteiger partial charge on any atom is 0.339 e. The van der Waals surface area contributed by atoms with E-state index in [0.717, 1.165) is 5.56 Å². The molecule has 0 saturated heterocycles. The first-order valence-corrected chi connectivity index (χ1v) is 6.90. The molecule has 0 atom stereocenters. The summed E-state index contributed by atoms with van der Waals surface area (Å²) >= 11 is 0. The smallest absolute Gasteiger partial charge is 0.339 e. The first-order valence-electron chi connectivity index (χ1n) is 6.90. The molecule has 2 rings (SSSR count). The van der Waals surface area contributed by atoms with Crippen LogP contribution in [0.25, 0.3) is 0 Å². The summed E-state index contributed by atoms with van der Waals surface area (Å²) in [5, 5.41) is 11.9. The predicted octanol–water partition coefficient (Wildman–Crippen LogP) is 2.27. The molecule has 0 saturated carbocycles. The molecule has 1 aromatic heterocycles. The molecule has 1 heterocycles. The van der Waals surface area contributed by atoms with Crippen molar-refractivity contribution in [3.8, 4) is 5.75 Å². The number of amides is 1. The highest BCUT2D eigenvalue weighted by Crippen LogP contribution is 2.20. The SMILES string of the molecule is C=CCOc1ccc(C(=O)NCc2cccnc2)cc1C(=O)O. The fourth-order valence-corrected chi connectivity index (χ4v) is 1.90. The van der Waals surface area contributed by atoms with Crippen LogP contribution in [0.3, 0.4) is 0 Å². The highest BCUT2D eigenvalue weighted by atomic mass is 16.5. The average molecular weight is 312 g/mol. The Bertz CT molecular complexity index is 714. The lowest BCUT2D eigenvalue weighted by Gasteiger charge is -2.10. The quantitative estimate of drug-likeness (QED) is 0.766. The largest absolute Gasteiger partial charge is 0.489 e. The van der Waals surface area contributed by atoms with E-state index in [1.54, 1.807) is 18.5 Å². The van der Waals surface area contributed by atoms with Gasteiger partial charge in [-0.3, -0.25) is 9.78 Å². The van der Waals surface area contributed by atoms with Crippen LogP contribution in [0.15, 0.2) is 55.4 Å². The van der Waals surface area contributed by atoms with Gasteiger partial charge in [-0.25, -0.2) is 4.79 Å². The Morgan fingerprint density at radius 1 is 1.35 bits per heavy atom. The van der Waals surface area contributed by atoms with Gasteiger partial charge in [0.15, 0.2) is 0 Å². The minimum Gasteiger partial charge on any atom is -0.489 e. The summed E-state index contributed by atoms with van der Waals surface area (Å²) in [7, 11) is 0. The van der Waals surface area contributed by atoms with Gasteiger partial charge in [-0.15, -0.1) is 0 Å². The van der Waals surface area contributed by atoms with Crippen LogP contribution >= 0.6 is 0 Å². The van der Waals surface area contributed by atoms with Crippen LogP contribution in [0, 0.1) is 0 Å². The zero-order valence-electron chi connectivity index (χ0n) is 12.4. The zero-order chi connectivity index (χ0) is 16.7. The summed E-state index contributed by atoms with van der Waals surface area (Å²) in [5.41, 5.74) is 1.03. The fourth-order valence-electron chi connectivity index (χ4n) is 1.90. The van der Waals surface area contributed by atoms with Crippen LogP contribution < -0.4 is 10.1 Å². The van der Waals surface area contributed by atoms with Crippen molar-refractivity contribution in [3.05, 3.63) is 72.1 Å². The second kappa shape index (κ2) is 7.74. The minimum absolute atomic E-state index is 0.0686. The number of rotatable bonds is 7. The summed E-state index contributed by atoms with van der Waals surface area (Å²) in [5.74, 6) is -1.33. The second-order valence-corrected chi connectivity index (χ2v) is 4.66. The van der Waals surface area contributed by atoms with E-state index >= 15 is 0 Å². The molecule has 0 bridgehead atoms. The van der Waals surface area contributed by atoms with Crippen LogP contribution in [-0.2, 0) is 6.54 Å². The van der Waals surface area contributed by atoms with Crippen LogP contribution in [0.5, 0.6) is 5.75 Å². The van der Waals surface area contributed by atoms with E-state index in [1.807, 2.05) is 6.07 Å². The molecule has 2 aromatic rings. The summed E-state index contributed by atoms with van der Waals surface area (Å²) in [6.07, 6.45) is 4.81. The van der Waals surface area contributed by atoms with Crippen LogP contribution in [0.2, 0.25) is 0 Å². The van der Waals surface area contributed by atoms with Crippen LogP contribution in [0.1, 0.15) is 26.3 Å². The topological polar surface area (TPSA) is 88.5 Å². The normalized spacial score (nSPS) is 9.91. The lowest BCUT2D eigenvalue weighted by Crippen LogP contribution is -2.23. The molecule has 6 nitrogen and oxygen atoms in total. The van der Waals surface area contributed by atoms with E-state index in [0.29, 0.717) is 6.54 Å². The number of ether oxygens (including phenoxy) is 1. The molecule has 0 aliphatic rings. The van der Waals surface area contributed by atoms with E-state index in [-0.39, 0.29) is 29.4 Å². The average Bonchev–Trinajstić information content (AvgIpc) is 2.58. The van der Waals surface area contributed by atoms with Crippen LogP contribution in [0.4, 0.5) is 0 Å². The highest BCUT2D eigenvalue weighted by molar-refractivity contribution is 5.98. The number of carbonyl (C=O) groups is 2. The van der Waals surface area contributed by atoms with Gasteiger partial charge in [0.2, 0.25) is 0 Å². The first-order chi connectivity index (χ1) is 11.1. The van der Waals surface area contributed by atoms with Crippen molar-refractivity contribution < 1.29 is 19.4 Å². The lowest BCUT2D eigenvalue weighted by atomic mass is 10.1. The summed E-state index contributed by atoms with van der Waals surface area (Å²) in [4.78, 5) is 27.4. The number of aromatic carboxylic acids is 1. The van der Waals surface area contributed by atoms with Gasteiger partial charge in [-0.2, -0.15) is 0 Å². The third-order valence-corrected chi connectivity index (χ3v) is 3.00. The summed E-state index contributed by atoms with van der Waals surface area (Å²) in [6.45, 7) is 4.00. The Labute approximate surface area is 133 Å². The minimum atomic E-state index is -1.16. The number of carboxylic acids is 1.